The van der Waals surface area contributed by atoms with Gasteiger partial charge in [0.2, 0.25) is 21.8 Å². The molecular formula is C25H28FN5O3S. The summed E-state index contributed by atoms with van der Waals surface area (Å²) in [5, 5.41) is 8.40. The number of fused-ring (bicyclic) bond motifs is 1. The van der Waals surface area contributed by atoms with Gasteiger partial charge in [-0.15, -0.1) is 10.2 Å². The Morgan fingerprint density at radius 2 is 1.74 bits per heavy atom. The standard InChI is InChI=1S/C25H28FN5O3S/c1-25(2,3)24-30-29-23(34-24)16-6-10-18(11-7-16)31-35(32,33)19-12-13-20-21(14-19)28-22(27-20)15-4-8-17(26)9-5-15/h4-5,8-9,12-14,16,18,31H,6-7,10-11H2,1-3H3,(H,27,28). The van der Waals surface area contributed by atoms with Crippen LogP contribution in [0.15, 0.2) is 51.8 Å². The van der Waals surface area contributed by atoms with E-state index in [1.165, 1.54) is 12.1 Å². The maximum atomic E-state index is 13.2. The van der Waals surface area contributed by atoms with Crippen LogP contribution in [0, 0.1) is 5.82 Å². The summed E-state index contributed by atoms with van der Waals surface area (Å²) in [6.45, 7) is 6.08. The molecule has 2 aromatic heterocycles. The van der Waals surface area contributed by atoms with Crippen LogP contribution in [0.5, 0.6) is 0 Å². The van der Waals surface area contributed by atoms with Crippen LogP contribution in [-0.4, -0.2) is 34.6 Å². The van der Waals surface area contributed by atoms with Crippen molar-refractivity contribution < 1.29 is 17.2 Å². The Kier molecular flexibility index (Phi) is 5.96. The van der Waals surface area contributed by atoms with Gasteiger partial charge in [0.15, 0.2) is 0 Å². The summed E-state index contributed by atoms with van der Waals surface area (Å²) in [7, 11) is -3.71. The maximum absolute atomic E-state index is 13.2. The molecule has 0 bridgehead atoms. The van der Waals surface area contributed by atoms with Crippen LogP contribution in [-0.2, 0) is 15.4 Å². The second kappa shape index (κ2) is 8.83. The molecule has 1 saturated carbocycles. The first-order valence-corrected chi connectivity index (χ1v) is 13.2. The fraction of sp³-hybridized carbons (Fsp3) is 0.400. The molecule has 0 saturated heterocycles. The number of sulfonamides is 1. The van der Waals surface area contributed by atoms with Gasteiger partial charge >= 0.3 is 0 Å². The van der Waals surface area contributed by atoms with E-state index in [1.807, 2.05) is 20.8 Å². The second-order valence-electron chi connectivity index (χ2n) is 10.1. The predicted octanol–water partition coefficient (Wildman–Crippen LogP) is 5.05. The summed E-state index contributed by atoms with van der Waals surface area (Å²) in [6.07, 6.45) is 2.93. The van der Waals surface area contributed by atoms with Gasteiger partial charge in [-0.2, -0.15) is 0 Å². The van der Waals surface area contributed by atoms with Crippen LogP contribution < -0.4 is 4.72 Å². The highest BCUT2D eigenvalue weighted by Gasteiger charge is 2.31. The van der Waals surface area contributed by atoms with Crippen molar-refractivity contribution in [3.05, 3.63) is 60.1 Å². The molecule has 35 heavy (non-hydrogen) atoms. The van der Waals surface area contributed by atoms with Crippen LogP contribution in [0.1, 0.15) is 64.2 Å². The van der Waals surface area contributed by atoms with Gasteiger partial charge in [0.05, 0.1) is 15.9 Å². The normalized spacial score (nSPS) is 19.3. The zero-order chi connectivity index (χ0) is 24.8. The number of rotatable bonds is 5. The third-order valence-corrected chi connectivity index (χ3v) is 7.88. The van der Waals surface area contributed by atoms with E-state index in [9.17, 15) is 12.8 Å². The number of nitrogens with zero attached hydrogens (tertiary/aromatic N) is 3. The van der Waals surface area contributed by atoms with Gasteiger partial charge in [-0.05, 0) is 68.1 Å². The van der Waals surface area contributed by atoms with Gasteiger partial charge in [0.25, 0.3) is 0 Å². The summed E-state index contributed by atoms with van der Waals surface area (Å²) in [4.78, 5) is 7.82. The molecule has 0 unspecified atom stereocenters. The summed E-state index contributed by atoms with van der Waals surface area (Å²) < 4.78 is 48.1. The molecule has 1 fully saturated rings. The number of aromatic nitrogens is 4. The first-order valence-electron chi connectivity index (χ1n) is 11.7. The van der Waals surface area contributed by atoms with E-state index in [0.29, 0.717) is 41.5 Å². The van der Waals surface area contributed by atoms with E-state index < -0.39 is 10.0 Å². The Labute approximate surface area is 203 Å². The number of hydrogen-bond donors (Lipinski definition) is 2. The van der Waals surface area contributed by atoms with E-state index >= 15 is 0 Å². The summed E-state index contributed by atoms with van der Waals surface area (Å²) in [5.74, 6) is 1.62. The molecule has 1 aliphatic rings. The average molecular weight is 498 g/mol. The Hall–Kier alpha value is -3.11. The maximum Gasteiger partial charge on any atom is 0.240 e. The molecule has 184 valence electrons. The molecule has 4 aromatic rings. The molecule has 0 aliphatic heterocycles. The second-order valence-corrected chi connectivity index (χ2v) is 11.9. The predicted molar refractivity (Wildman–Crippen MR) is 130 cm³/mol. The minimum atomic E-state index is -3.71. The Balaban J connectivity index is 1.26. The van der Waals surface area contributed by atoms with Crippen molar-refractivity contribution in [2.75, 3.05) is 0 Å². The first kappa shape index (κ1) is 23.6. The molecule has 2 aromatic carbocycles. The highest BCUT2D eigenvalue weighted by Crippen LogP contribution is 2.34. The van der Waals surface area contributed by atoms with Gasteiger partial charge in [0, 0.05) is 22.9 Å². The molecular weight excluding hydrogens is 469 g/mol. The summed E-state index contributed by atoms with van der Waals surface area (Å²) in [5.41, 5.74) is 1.76. The largest absolute Gasteiger partial charge is 0.424 e. The number of H-pyrrole nitrogens is 1. The number of nitrogens with one attached hydrogen (secondary N) is 2. The fourth-order valence-electron chi connectivity index (χ4n) is 4.35. The molecule has 1 aliphatic carbocycles. The summed E-state index contributed by atoms with van der Waals surface area (Å²) >= 11 is 0. The minimum Gasteiger partial charge on any atom is -0.424 e. The van der Waals surface area contributed by atoms with E-state index in [4.69, 9.17) is 4.42 Å². The van der Waals surface area contributed by atoms with Gasteiger partial charge in [-0.1, -0.05) is 20.8 Å². The number of halogens is 1. The lowest BCUT2D eigenvalue weighted by molar-refractivity contribution is 0.304. The fourth-order valence-corrected chi connectivity index (χ4v) is 5.67. The van der Waals surface area contributed by atoms with Crippen LogP contribution in [0.25, 0.3) is 22.4 Å². The summed E-state index contributed by atoms with van der Waals surface area (Å²) in [6, 6.07) is 10.6. The highest BCUT2D eigenvalue weighted by molar-refractivity contribution is 7.89. The number of benzene rings is 2. The lowest BCUT2D eigenvalue weighted by Gasteiger charge is -2.27. The minimum absolute atomic E-state index is 0.143. The average Bonchev–Trinajstić information content (AvgIpc) is 3.47. The molecule has 0 atom stereocenters. The van der Waals surface area contributed by atoms with E-state index in [1.54, 1.807) is 30.3 Å². The highest BCUT2D eigenvalue weighted by atomic mass is 32.2. The molecule has 2 heterocycles. The number of imidazole rings is 1. The molecule has 5 rings (SSSR count). The van der Waals surface area contributed by atoms with Crippen molar-refractivity contribution in [2.45, 2.75) is 68.7 Å². The first-order chi connectivity index (χ1) is 16.6. The SMILES string of the molecule is CC(C)(C)c1nnc(C2CCC(NS(=O)(=O)c3ccc4[nH]c(-c5ccc(F)cc5)nc4c3)CC2)o1. The molecule has 8 nitrogen and oxygen atoms in total. The van der Waals surface area contributed by atoms with Crippen LogP contribution in [0.3, 0.4) is 0 Å². The van der Waals surface area contributed by atoms with Crippen molar-refractivity contribution >= 4 is 21.1 Å². The quantitative estimate of drug-likeness (QED) is 0.399. The van der Waals surface area contributed by atoms with Crippen molar-refractivity contribution in [1.82, 2.24) is 24.9 Å². The van der Waals surface area contributed by atoms with Crippen molar-refractivity contribution in [3.8, 4) is 11.4 Å². The molecule has 10 heteroatoms. The van der Waals surface area contributed by atoms with E-state index in [-0.39, 0.29) is 28.1 Å². The van der Waals surface area contributed by atoms with Crippen LogP contribution in [0.4, 0.5) is 4.39 Å². The van der Waals surface area contributed by atoms with E-state index in [2.05, 4.69) is 24.9 Å². The van der Waals surface area contributed by atoms with Crippen molar-refractivity contribution in [1.29, 1.82) is 0 Å². The number of aromatic amines is 1. The Morgan fingerprint density at radius 1 is 1.03 bits per heavy atom. The lowest BCUT2D eigenvalue weighted by atomic mass is 9.86. The molecule has 0 radical (unpaired) electrons. The molecule has 0 spiro atoms. The Bertz CT molecular complexity index is 1450. The third-order valence-electron chi connectivity index (χ3n) is 6.36. The Morgan fingerprint density at radius 3 is 2.40 bits per heavy atom. The topological polar surface area (TPSA) is 114 Å². The smallest absolute Gasteiger partial charge is 0.240 e. The van der Waals surface area contributed by atoms with Crippen LogP contribution in [0.2, 0.25) is 0 Å². The molecule has 2 N–H and O–H groups in total. The van der Waals surface area contributed by atoms with Crippen molar-refractivity contribution in [2.24, 2.45) is 0 Å². The third kappa shape index (κ3) is 4.99. The molecule has 0 amide bonds. The lowest BCUT2D eigenvalue weighted by Crippen LogP contribution is -2.37. The van der Waals surface area contributed by atoms with Crippen molar-refractivity contribution in [3.63, 3.8) is 0 Å². The zero-order valence-corrected chi connectivity index (χ0v) is 20.7. The van der Waals surface area contributed by atoms with Gasteiger partial charge in [-0.3, -0.25) is 0 Å². The van der Waals surface area contributed by atoms with E-state index in [0.717, 1.165) is 18.4 Å². The van der Waals surface area contributed by atoms with Gasteiger partial charge in [-0.25, -0.2) is 22.5 Å². The zero-order valence-electron chi connectivity index (χ0n) is 19.9. The van der Waals surface area contributed by atoms with Gasteiger partial charge in [0.1, 0.15) is 11.6 Å². The van der Waals surface area contributed by atoms with Gasteiger partial charge < -0.3 is 9.40 Å². The van der Waals surface area contributed by atoms with Crippen LogP contribution >= 0.6 is 0 Å². The monoisotopic (exact) mass is 497 g/mol. The number of hydrogen-bond acceptors (Lipinski definition) is 6.